The molecule has 0 unspecified atom stereocenters. The van der Waals surface area contributed by atoms with Crippen LogP contribution in [-0.2, 0) is 0 Å². The highest BCUT2D eigenvalue weighted by molar-refractivity contribution is 6.34. The lowest BCUT2D eigenvalue weighted by atomic mass is 10.1. The largest absolute Gasteiger partial charge is 0.508 e. The van der Waals surface area contributed by atoms with Crippen molar-refractivity contribution in [3.8, 4) is 5.75 Å². The molecule has 1 N–H and O–H groups in total. The lowest BCUT2D eigenvalue weighted by molar-refractivity contribution is 0.0987. The van der Waals surface area contributed by atoms with Gasteiger partial charge in [-0.25, -0.2) is 4.39 Å². The number of aromatic hydroxyl groups is 1. The minimum Gasteiger partial charge on any atom is -0.508 e. The van der Waals surface area contributed by atoms with E-state index in [4.69, 9.17) is 11.6 Å². The molecule has 0 spiro atoms. The van der Waals surface area contributed by atoms with E-state index < -0.39 is 11.7 Å². The fourth-order valence-electron chi connectivity index (χ4n) is 1.92. The van der Waals surface area contributed by atoms with E-state index in [0.717, 1.165) is 0 Å². The molecule has 0 heterocycles. The molecule has 0 radical (unpaired) electrons. The van der Waals surface area contributed by atoms with Crippen LogP contribution in [-0.4, -0.2) is 17.6 Å². The maximum atomic E-state index is 13.8. The number of carbonyl (C=O) groups excluding carboxylic acids is 1. The van der Waals surface area contributed by atoms with E-state index in [0.29, 0.717) is 0 Å². The lowest BCUT2D eigenvalue weighted by Gasteiger charge is -2.22. The molecule has 2 rings (SSSR count). The van der Waals surface area contributed by atoms with Crippen molar-refractivity contribution in [1.82, 2.24) is 0 Å². The number of para-hydroxylation sites is 1. The van der Waals surface area contributed by atoms with Crippen LogP contribution in [0.4, 0.5) is 10.1 Å². The van der Waals surface area contributed by atoms with E-state index in [1.165, 1.54) is 35.2 Å². The highest BCUT2D eigenvalue weighted by Gasteiger charge is 2.21. The minimum atomic E-state index is -0.487. The summed E-state index contributed by atoms with van der Waals surface area (Å²) in [5.41, 5.74) is 0.316. The Morgan fingerprint density at radius 3 is 2.65 bits per heavy atom. The van der Waals surface area contributed by atoms with Gasteiger partial charge in [0.05, 0.1) is 16.3 Å². The van der Waals surface area contributed by atoms with Crippen LogP contribution in [0.15, 0.2) is 42.5 Å². The highest BCUT2D eigenvalue weighted by atomic mass is 35.5. The Labute approximate surface area is 121 Å². The number of hydrogen-bond donors (Lipinski definition) is 1. The van der Waals surface area contributed by atoms with Crippen molar-refractivity contribution in [3.63, 3.8) is 0 Å². The van der Waals surface area contributed by atoms with Gasteiger partial charge in [-0.05, 0) is 37.3 Å². The first-order valence-electron chi connectivity index (χ1n) is 6.09. The quantitative estimate of drug-likeness (QED) is 0.934. The maximum Gasteiger partial charge on any atom is 0.259 e. The van der Waals surface area contributed by atoms with Crippen LogP contribution >= 0.6 is 11.6 Å². The normalized spacial score (nSPS) is 10.3. The maximum absolute atomic E-state index is 13.8. The standard InChI is InChI=1S/C15H13ClFNO2/c1-2-18(14-6-4-3-5-13(14)17)15(20)11-9-10(19)7-8-12(11)16/h3-9,19H,2H2,1H3. The van der Waals surface area contributed by atoms with Gasteiger partial charge >= 0.3 is 0 Å². The first-order valence-corrected chi connectivity index (χ1v) is 6.47. The molecule has 0 aliphatic carbocycles. The third kappa shape index (κ3) is 2.75. The van der Waals surface area contributed by atoms with E-state index in [9.17, 15) is 14.3 Å². The van der Waals surface area contributed by atoms with Gasteiger partial charge in [0.1, 0.15) is 11.6 Å². The van der Waals surface area contributed by atoms with E-state index in [1.807, 2.05) is 0 Å². The number of nitrogens with zero attached hydrogens (tertiary/aromatic N) is 1. The van der Waals surface area contributed by atoms with Gasteiger partial charge in [-0.2, -0.15) is 0 Å². The zero-order valence-corrected chi connectivity index (χ0v) is 11.6. The molecule has 0 saturated carbocycles. The van der Waals surface area contributed by atoms with Crippen molar-refractivity contribution in [2.24, 2.45) is 0 Å². The topological polar surface area (TPSA) is 40.5 Å². The lowest BCUT2D eigenvalue weighted by Crippen LogP contribution is -2.31. The summed E-state index contributed by atoms with van der Waals surface area (Å²) in [5.74, 6) is -1.01. The summed E-state index contributed by atoms with van der Waals surface area (Å²) >= 11 is 5.97. The van der Waals surface area contributed by atoms with Crippen molar-refractivity contribution in [2.45, 2.75) is 6.92 Å². The Hall–Kier alpha value is -2.07. The Balaban J connectivity index is 2.45. The fourth-order valence-corrected chi connectivity index (χ4v) is 2.11. The second-order valence-electron chi connectivity index (χ2n) is 4.16. The van der Waals surface area contributed by atoms with Crippen LogP contribution in [0.25, 0.3) is 0 Å². The molecule has 5 heteroatoms. The zero-order valence-electron chi connectivity index (χ0n) is 10.8. The molecule has 2 aromatic rings. The number of carbonyl (C=O) groups is 1. The van der Waals surface area contributed by atoms with Gasteiger partial charge < -0.3 is 10.0 Å². The first-order chi connectivity index (χ1) is 9.54. The van der Waals surface area contributed by atoms with Crippen molar-refractivity contribution in [2.75, 3.05) is 11.4 Å². The number of halogens is 2. The van der Waals surface area contributed by atoms with Crippen LogP contribution in [0.2, 0.25) is 5.02 Å². The fraction of sp³-hybridized carbons (Fsp3) is 0.133. The number of phenols is 1. The van der Waals surface area contributed by atoms with Gasteiger partial charge in [-0.15, -0.1) is 0 Å². The molecule has 1 amide bonds. The summed E-state index contributed by atoms with van der Waals surface area (Å²) in [6.45, 7) is 2.02. The monoisotopic (exact) mass is 293 g/mol. The average molecular weight is 294 g/mol. The molecule has 3 nitrogen and oxygen atoms in total. The average Bonchev–Trinajstić information content (AvgIpc) is 2.44. The summed E-state index contributed by atoms with van der Waals surface area (Å²) < 4.78 is 13.8. The van der Waals surface area contributed by atoms with Crippen LogP contribution in [0.5, 0.6) is 5.75 Å². The number of amides is 1. The molecule has 0 atom stereocenters. The summed E-state index contributed by atoms with van der Waals surface area (Å²) in [6, 6.07) is 10.1. The van der Waals surface area contributed by atoms with Gasteiger partial charge in [0.2, 0.25) is 0 Å². The number of hydrogen-bond acceptors (Lipinski definition) is 2. The molecule has 0 saturated heterocycles. The Morgan fingerprint density at radius 1 is 1.30 bits per heavy atom. The Kier molecular flexibility index (Phi) is 4.25. The number of anilines is 1. The van der Waals surface area contributed by atoms with E-state index in [1.54, 1.807) is 19.1 Å². The van der Waals surface area contributed by atoms with Gasteiger partial charge in [-0.3, -0.25) is 4.79 Å². The second kappa shape index (κ2) is 5.92. The smallest absolute Gasteiger partial charge is 0.259 e. The molecule has 104 valence electrons. The third-order valence-electron chi connectivity index (χ3n) is 2.88. The molecule has 0 fully saturated rings. The highest BCUT2D eigenvalue weighted by Crippen LogP contribution is 2.26. The molecule has 0 aliphatic heterocycles. The van der Waals surface area contributed by atoms with Gasteiger partial charge in [0.15, 0.2) is 0 Å². The predicted molar refractivity (Wildman–Crippen MR) is 76.9 cm³/mol. The van der Waals surface area contributed by atoms with Crippen molar-refractivity contribution in [3.05, 3.63) is 58.9 Å². The predicted octanol–water partition coefficient (Wildman–Crippen LogP) is 3.85. The van der Waals surface area contributed by atoms with E-state index in [2.05, 4.69) is 0 Å². The van der Waals surface area contributed by atoms with Crippen molar-refractivity contribution >= 4 is 23.2 Å². The summed E-state index contributed by atoms with van der Waals surface area (Å²) in [6.07, 6.45) is 0. The number of rotatable bonds is 3. The molecule has 2 aromatic carbocycles. The van der Waals surface area contributed by atoms with Crippen LogP contribution in [0, 0.1) is 5.82 Å². The summed E-state index contributed by atoms with van der Waals surface area (Å²) in [4.78, 5) is 13.7. The van der Waals surface area contributed by atoms with Gasteiger partial charge in [0, 0.05) is 6.54 Å². The molecule has 0 bridgehead atoms. The van der Waals surface area contributed by atoms with Crippen molar-refractivity contribution < 1.29 is 14.3 Å². The van der Waals surface area contributed by atoms with E-state index in [-0.39, 0.29) is 28.6 Å². The first kappa shape index (κ1) is 14.3. The van der Waals surface area contributed by atoms with Gasteiger partial charge in [0.25, 0.3) is 5.91 Å². The number of benzene rings is 2. The minimum absolute atomic E-state index is 0.0673. The van der Waals surface area contributed by atoms with Crippen LogP contribution in [0.3, 0.4) is 0 Å². The van der Waals surface area contributed by atoms with Crippen LogP contribution < -0.4 is 4.90 Å². The molecule has 0 aliphatic rings. The van der Waals surface area contributed by atoms with Crippen LogP contribution in [0.1, 0.15) is 17.3 Å². The van der Waals surface area contributed by atoms with Gasteiger partial charge in [-0.1, -0.05) is 23.7 Å². The molecular weight excluding hydrogens is 281 g/mol. The second-order valence-corrected chi connectivity index (χ2v) is 4.57. The zero-order chi connectivity index (χ0) is 14.7. The van der Waals surface area contributed by atoms with Crippen molar-refractivity contribution in [1.29, 1.82) is 0 Å². The summed E-state index contributed by atoms with van der Waals surface area (Å²) in [7, 11) is 0. The van der Waals surface area contributed by atoms with E-state index >= 15 is 0 Å². The SMILES string of the molecule is CCN(C(=O)c1cc(O)ccc1Cl)c1ccccc1F. The number of phenolic OH excluding ortho intramolecular Hbond substituents is 1. The molecule has 20 heavy (non-hydrogen) atoms. The summed E-state index contributed by atoms with van der Waals surface area (Å²) in [5, 5.41) is 9.67. The molecule has 0 aromatic heterocycles. The third-order valence-corrected chi connectivity index (χ3v) is 3.21. The Morgan fingerprint density at radius 2 is 2.00 bits per heavy atom. The Bertz CT molecular complexity index is 646. The molecular formula is C15H13ClFNO2.